The van der Waals surface area contributed by atoms with Crippen LogP contribution in [0.4, 0.5) is 15.9 Å². The van der Waals surface area contributed by atoms with E-state index in [2.05, 4.69) is 25.5 Å². The Hall–Kier alpha value is -2.70. The molecule has 0 spiro atoms. The molecular weight excluding hydrogens is 333 g/mol. The summed E-state index contributed by atoms with van der Waals surface area (Å²) in [7, 11) is 0. The second kappa shape index (κ2) is 6.90. The quantitative estimate of drug-likeness (QED) is 0.879. The van der Waals surface area contributed by atoms with E-state index in [4.69, 9.17) is 0 Å². The van der Waals surface area contributed by atoms with Crippen molar-refractivity contribution in [2.24, 2.45) is 5.92 Å². The smallest absolute Gasteiger partial charge is 0.270 e. The van der Waals surface area contributed by atoms with Crippen LogP contribution in [0.1, 0.15) is 28.3 Å². The highest BCUT2D eigenvalue weighted by Crippen LogP contribution is 2.25. The number of anilines is 2. The second-order valence-corrected chi connectivity index (χ2v) is 6.91. The molecule has 1 aromatic heterocycles. The fourth-order valence-electron chi connectivity index (χ4n) is 3.68. The molecule has 1 fully saturated rings. The molecule has 1 saturated heterocycles. The van der Waals surface area contributed by atoms with Gasteiger partial charge in [-0.1, -0.05) is 0 Å². The average molecular weight is 355 g/mol. The van der Waals surface area contributed by atoms with E-state index in [-0.39, 0.29) is 11.7 Å². The molecule has 2 aromatic rings. The van der Waals surface area contributed by atoms with Crippen molar-refractivity contribution in [1.82, 2.24) is 15.3 Å². The molecule has 3 heterocycles. The lowest BCUT2D eigenvalue weighted by atomic mass is 10.1. The first-order chi connectivity index (χ1) is 12.6. The van der Waals surface area contributed by atoms with Gasteiger partial charge in [0.15, 0.2) is 0 Å². The summed E-state index contributed by atoms with van der Waals surface area (Å²) in [4.78, 5) is 23.1. The van der Waals surface area contributed by atoms with E-state index in [1.165, 1.54) is 12.1 Å². The van der Waals surface area contributed by atoms with E-state index in [9.17, 15) is 9.18 Å². The monoisotopic (exact) mass is 355 g/mol. The van der Waals surface area contributed by atoms with Crippen LogP contribution in [0.3, 0.4) is 0 Å². The van der Waals surface area contributed by atoms with Crippen molar-refractivity contribution >= 4 is 17.4 Å². The van der Waals surface area contributed by atoms with E-state index in [0.717, 1.165) is 49.5 Å². The molecule has 1 amide bonds. The number of carbonyl (C=O) groups is 1. The van der Waals surface area contributed by atoms with E-state index < -0.39 is 0 Å². The van der Waals surface area contributed by atoms with Gasteiger partial charge in [0.2, 0.25) is 0 Å². The molecule has 0 radical (unpaired) electrons. The highest BCUT2D eigenvalue weighted by molar-refractivity contribution is 5.95. The Labute approximate surface area is 151 Å². The van der Waals surface area contributed by atoms with Crippen LogP contribution in [0.2, 0.25) is 0 Å². The fraction of sp³-hybridized carbons (Fsp3) is 0.421. The molecule has 6 nitrogen and oxygen atoms in total. The van der Waals surface area contributed by atoms with Crippen molar-refractivity contribution < 1.29 is 9.18 Å². The van der Waals surface area contributed by atoms with Gasteiger partial charge in [0, 0.05) is 37.4 Å². The topological polar surface area (TPSA) is 70.2 Å². The van der Waals surface area contributed by atoms with Gasteiger partial charge in [-0.15, -0.1) is 0 Å². The van der Waals surface area contributed by atoms with E-state index in [1.807, 2.05) is 12.1 Å². The Balaban J connectivity index is 1.42. The maximum absolute atomic E-state index is 13.1. The fourth-order valence-corrected chi connectivity index (χ4v) is 3.68. The highest BCUT2D eigenvalue weighted by Gasteiger charge is 2.25. The summed E-state index contributed by atoms with van der Waals surface area (Å²) in [6.07, 6.45) is 1.81. The first-order valence-electron chi connectivity index (χ1n) is 9.00. The Morgan fingerprint density at radius 2 is 2.12 bits per heavy atom. The van der Waals surface area contributed by atoms with Gasteiger partial charge in [0.25, 0.3) is 5.91 Å². The van der Waals surface area contributed by atoms with Crippen LogP contribution >= 0.6 is 0 Å². The SMILES string of the molecule is Cc1nc(NCC2CCN(c3ccc(F)cc3)C2)c2c(n1)C(=O)NCC2. The number of nitrogens with zero attached hydrogens (tertiary/aromatic N) is 3. The summed E-state index contributed by atoms with van der Waals surface area (Å²) in [6.45, 7) is 5.10. The molecule has 0 aliphatic carbocycles. The minimum Gasteiger partial charge on any atom is -0.371 e. The van der Waals surface area contributed by atoms with Crippen molar-refractivity contribution in [3.05, 3.63) is 47.2 Å². The molecule has 2 aliphatic heterocycles. The number of hydrogen-bond acceptors (Lipinski definition) is 5. The lowest BCUT2D eigenvalue weighted by molar-refractivity contribution is 0.0940. The summed E-state index contributed by atoms with van der Waals surface area (Å²) in [5, 5.41) is 6.27. The lowest BCUT2D eigenvalue weighted by Crippen LogP contribution is -2.34. The molecular formula is C19H22FN5O. The van der Waals surface area contributed by atoms with Gasteiger partial charge in [-0.3, -0.25) is 4.79 Å². The molecule has 0 saturated carbocycles. The summed E-state index contributed by atoms with van der Waals surface area (Å²) in [6, 6.07) is 6.66. The molecule has 1 unspecified atom stereocenters. The summed E-state index contributed by atoms with van der Waals surface area (Å²) >= 11 is 0. The zero-order valence-electron chi connectivity index (χ0n) is 14.8. The Morgan fingerprint density at radius 3 is 2.92 bits per heavy atom. The van der Waals surface area contributed by atoms with E-state index in [0.29, 0.717) is 24.0 Å². The second-order valence-electron chi connectivity index (χ2n) is 6.91. The Bertz CT molecular complexity index is 823. The van der Waals surface area contributed by atoms with E-state index >= 15 is 0 Å². The number of halogens is 1. The van der Waals surface area contributed by atoms with Crippen molar-refractivity contribution in [1.29, 1.82) is 0 Å². The van der Waals surface area contributed by atoms with Gasteiger partial charge in [0.1, 0.15) is 23.2 Å². The van der Waals surface area contributed by atoms with Crippen molar-refractivity contribution in [3.8, 4) is 0 Å². The van der Waals surface area contributed by atoms with Crippen LogP contribution in [-0.4, -0.2) is 42.1 Å². The number of rotatable bonds is 4. The minimum atomic E-state index is -0.209. The molecule has 7 heteroatoms. The standard InChI is InChI=1S/C19H22FN5O/c1-12-23-17-16(6-8-21-19(17)26)18(24-12)22-10-13-7-9-25(11-13)15-4-2-14(20)3-5-15/h2-5,13H,6-11H2,1H3,(H,21,26)(H,22,23,24). The highest BCUT2D eigenvalue weighted by atomic mass is 19.1. The molecule has 0 bridgehead atoms. The van der Waals surface area contributed by atoms with Gasteiger partial charge < -0.3 is 15.5 Å². The van der Waals surface area contributed by atoms with Crippen LogP contribution < -0.4 is 15.5 Å². The van der Waals surface area contributed by atoms with Gasteiger partial charge in [-0.05, 0) is 49.9 Å². The van der Waals surface area contributed by atoms with Gasteiger partial charge >= 0.3 is 0 Å². The Kier molecular flexibility index (Phi) is 4.44. The number of fused-ring (bicyclic) bond motifs is 1. The third kappa shape index (κ3) is 3.34. The van der Waals surface area contributed by atoms with Gasteiger partial charge in [-0.2, -0.15) is 0 Å². The van der Waals surface area contributed by atoms with Crippen LogP contribution in [0, 0.1) is 18.7 Å². The third-order valence-electron chi connectivity index (χ3n) is 5.03. The van der Waals surface area contributed by atoms with Crippen LogP contribution in [0.5, 0.6) is 0 Å². The molecule has 4 rings (SSSR count). The summed E-state index contributed by atoms with van der Waals surface area (Å²) in [5.74, 6) is 1.52. The maximum Gasteiger partial charge on any atom is 0.270 e. The normalized spacial score (nSPS) is 19.2. The molecule has 26 heavy (non-hydrogen) atoms. The van der Waals surface area contributed by atoms with Gasteiger partial charge in [-0.25, -0.2) is 14.4 Å². The summed E-state index contributed by atoms with van der Waals surface area (Å²) < 4.78 is 13.1. The lowest BCUT2D eigenvalue weighted by Gasteiger charge is -2.21. The predicted octanol–water partition coefficient (Wildman–Crippen LogP) is 2.15. The number of aryl methyl sites for hydroxylation is 1. The predicted molar refractivity (Wildman–Crippen MR) is 98.0 cm³/mol. The first-order valence-corrected chi connectivity index (χ1v) is 9.00. The van der Waals surface area contributed by atoms with Crippen molar-refractivity contribution in [3.63, 3.8) is 0 Å². The minimum absolute atomic E-state index is 0.122. The van der Waals surface area contributed by atoms with Crippen LogP contribution in [0.15, 0.2) is 24.3 Å². The average Bonchev–Trinajstić information content (AvgIpc) is 3.10. The molecule has 1 atom stereocenters. The van der Waals surface area contributed by atoms with Gasteiger partial charge in [0.05, 0.1) is 0 Å². The number of benzene rings is 1. The van der Waals surface area contributed by atoms with Crippen LogP contribution in [0.25, 0.3) is 0 Å². The van der Waals surface area contributed by atoms with E-state index in [1.54, 1.807) is 6.92 Å². The first kappa shape index (κ1) is 16.8. The molecule has 1 aromatic carbocycles. The third-order valence-corrected chi connectivity index (χ3v) is 5.03. The molecule has 2 N–H and O–H groups in total. The number of amides is 1. The largest absolute Gasteiger partial charge is 0.371 e. The number of hydrogen-bond donors (Lipinski definition) is 2. The number of carbonyl (C=O) groups excluding carboxylic acids is 1. The summed E-state index contributed by atoms with van der Waals surface area (Å²) in [5.41, 5.74) is 2.46. The number of aromatic nitrogens is 2. The molecule has 2 aliphatic rings. The van der Waals surface area contributed by atoms with Crippen LogP contribution in [-0.2, 0) is 6.42 Å². The van der Waals surface area contributed by atoms with Crippen molar-refractivity contribution in [2.45, 2.75) is 19.8 Å². The zero-order valence-corrected chi connectivity index (χ0v) is 14.8. The molecule has 136 valence electrons. The number of nitrogens with one attached hydrogen (secondary N) is 2. The van der Waals surface area contributed by atoms with Crippen molar-refractivity contribution in [2.75, 3.05) is 36.4 Å². The Morgan fingerprint density at radius 1 is 1.31 bits per heavy atom. The zero-order chi connectivity index (χ0) is 18.1. The maximum atomic E-state index is 13.1.